The Hall–Kier alpha value is -1.78. The second-order valence-electron chi connectivity index (χ2n) is 14.5. The molecule has 2 rings (SSSR count). The molecule has 1 saturated carbocycles. The molecule has 1 amide bonds. The quantitative estimate of drug-likeness (QED) is 0.352. The van der Waals surface area contributed by atoms with Crippen LogP contribution in [0.3, 0.4) is 0 Å². The summed E-state index contributed by atoms with van der Waals surface area (Å²) in [6.07, 6.45) is 4.56. The smallest absolute Gasteiger partial charge is 0.342 e. The number of carbonyl (C=O) groups excluding carboxylic acids is 2. The van der Waals surface area contributed by atoms with E-state index in [1.165, 1.54) is 0 Å². The Labute approximate surface area is 227 Å². The molecule has 1 aliphatic rings. The average Bonchev–Trinajstić information content (AvgIpc) is 3.02. The second kappa shape index (κ2) is 11.9. The van der Waals surface area contributed by atoms with Crippen LogP contribution in [0.4, 0.5) is 5.82 Å². The summed E-state index contributed by atoms with van der Waals surface area (Å²) in [7, 11) is 1.92. The fraction of sp³-hybridized carbons (Fsp3) is 0.812. The zero-order valence-electron chi connectivity index (χ0n) is 26.2. The van der Waals surface area contributed by atoms with Gasteiger partial charge in [-0.2, -0.15) is 0 Å². The van der Waals surface area contributed by atoms with Crippen LogP contribution in [0.15, 0.2) is 0 Å². The van der Waals surface area contributed by atoms with Gasteiger partial charge in [0, 0.05) is 19.2 Å². The van der Waals surface area contributed by atoms with Crippen molar-refractivity contribution in [3.05, 3.63) is 16.8 Å². The molecular weight excluding hydrogens is 460 g/mol. The van der Waals surface area contributed by atoms with Crippen LogP contribution < -0.4 is 5.32 Å². The van der Waals surface area contributed by atoms with E-state index in [4.69, 9.17) is 4.74 Å². The molecule has 0 radical (unpaired) electrons. The summed E-state index contributed by atoms with van der Waals surface area (Å²) in [5, 5.41) is 3.01. The molecule has 0 bridgehead atoms. The lowest BCUT2D eigenvalue weighted by Gasteiger charge is -2.47. The van der Waals surface area contributed by atoms with E-state index in [0.29, 0.717) is 41.5 Å². The molecule has 1 N–H and O–H groups in total. The SMILES string of the molecule is CCC(=O)Nc1c(C(=O)OC2C(CCC(C)(C)C)CC(C)CC2C(C)C(C)(C)C)c(C(C)C)c(C)n1C. The monoisotopic (exact) mass is 516 g/mol. The van der Waals surface area contributed by atoms with Gasteiger partial charge in [-0.25, -0.2) is 4.79 Å². The molecule has 5 heteroatoms. The summed E-state index contributed by atoms with van der Waals surface area (Å²) < 4.78 is 8.58. The van der Waals surface area contributed by atoms with Crippen molar-refractivity contribution in [3.63, 3.8) is 0 Å². The molecule has 5 nitrogen and oxygen atoms in total. The third-order valence-corrected chi connectivity index (χ3v) is 8.88. The van der Waals surface area contributed by atoms with E-state index in [1.807, 2.05) is 25.5 Å². The number of anilines is 1. The molecule has 0 saturated heterocycles. The zero-order chi connectivity index (χ0) is 28.5. The van der Waals surface area contributed by atoms with Crippen LogP contribution in [0.25, 0.3) is 0 Å². The van der Waals surface area contributed by atoms with Gasteiger partial charge in [0.1, 0.15) is 17.5 Å². The minimum atomic E-state index is -0.287. The predicted molar refractivity (Wildman–Crippen MR) is 155 cm³/mol. The lowest BCUT2D eigenvalue weighted by molar-refractivity contribution is -0.115. The Kier molecular flexibility index (Phi) is 10.2. The van der Waals surface area contributed by atoms with Crippen molar-refractivity contribution >= 4 is 17.7 Å². The van der Waals surface area contributed by atoms with Crippen molar-refractivity contribution in [1.82, 2.24) is 4.57 Å². The molecular formula is C32H56N2O3. The fourth-order valence-corrected chi connectivity index (χ4v) is 6.20. The van der Waals surface area contributed by atoms with Crippen molar-refractivity contribution in [2.45, 2.75) is 127 Å². The van der Waals surface area contributed by atoms with E-state index in [2.05, 4.69) is 74.6 Å². The highest BCUT2D eigenvalue weighted by molar-refractivity contribution is 6.02. The van der Waals surface area contributed by atoms with Crippen molar-refractivity contribution in [1.29, 1.82) is 0 Å². The van der Waals surface area contributed by atoms with Crippen LogP contribution in [0.2, 0.25) is 0 Å². The molecule has 212 valence electrons. The highest BCUT2D eigenvalue weighted by Crippen LogP contribution is 2.47. The number of hydrogen-bond donors (Lipinski definition) is 1. The number of esters is 1. The van der Waals surface area contributed by atoms with E-state index in [0.717, 1.165) is 36.9 Å². The Bertz CT molecular complexity index is 945. The Morgan fingerprint density at radius 3 is 2.16 bits per heavy atom. The number of carbonyl (C=O) groups is 2. The number of aromatic nitrogens is 1. The molecule has 1 aromatic heterocycles. The molecule has 0 aliphatic heterocycles. The summed E-state index contributed by atoms with van der Waals surface area (Å²) >= 11 is 0. The minimum absolute atomic E-state index is 0.0984. The Balaban J connectivity index is 2.57. The lowest BCUT2D eigenvalue weighted by atomic mass is 9.62. The van der Waals surface area contributed by atoms with Gasteiger partial charge in [0.2, 0.25) is 5.91 Å². The van der Waals surface area contributed by atoms with Crippen LogP contribution in [0.5, 0.6) is 0 Å². The number of amides is 1. The molecule has 1 aliphatic carbocycles. The van der Waals surface area contributed by atoms with Crippen molar-refractivity contribution < 1.29 is 14.3 Å². The fourth-order valence-electron chi connectivity index (χ4n) is 6.20. The first-order chi connectivity index (χ1) is 16.9. The topological polar surface area (TPSA) is 60.3 Å². The second-order valence-corrected chi connectivity index (χ2v) is 14.5. The van der Waals surface area contributed by atoms with E-state index in [-0.39, 0.29) is 34.7 Å². The largest absolute Gasteiger partial charge is 0.458 e. The number of nitrogens with one attached hydrogen (secondary N) is 1. The molecule has 1 aromatic rings. The highest BCUT2D eigenvalue weighted by Gasteiger charge is 2.45. The number of rotatable bonds is 8. The molecule has 5 unspecified atom stereocenters. The standard InChI is InChI=1S/C32H56N2O3/c1-14-25(35)33-29-27(26(19(2)3)22(6)34(29)13)30(36)37-28-23(15-16-31(7,8)9)17-20(4)18-24(28)21(5)32(10,11)12/h19-21,23-24,28H,14-18H2,1-13H3,(H,33,35). The van der Waals surface area contributed by atoms with E-state index in [9.17, 15) is 9.59 Å². The highest BCUT2D eigenvalue weighted by atomic mass is 16.5. The van der Waals surface area contributed by atoms with Crippen LogP contribution >= 0.6 is 0 Å². The third-order valence-electron chi connectivity index (χ3n) is 8.88. The molecule has 5 atom stereocenters. The van der Waals surface area contributed by atoms with Gasteiger partial charge in [0.15, 0.2) is 0 Å². The summed E-state index contributed by atoms with van der Waals surface area (Å²) in [4.78, 5) is 26.6. The molecule has 37 heavy (non-hydrogen) atoms. The third kappa shape index (κ3) is 7.63. The summed E-state index contributed by atoms with van der Waals surface area (Å²) in [6, 6.07) is 0. The van der Waals surface area contributed by atoms with Crippen molar-refractivity contribution in [3.8, 4) is 0 Å². The molecule has 1 heterocycles. The van der Waals surface area contributed by atoms with Gasteiger partial charge < -0.3 is 14.6 Å². The van der Waals surface area contributed by atoms with Gasteiger partial charge in [-0.1, -0.05) is 76.2 Å². The van der Waals surface area contributed by atoms with Gasteiger partial charge >= 0.3 is 5.97 Å². The minimum Gasteiger partial charge on any atom is -0.458 e. The maximum absolute atomic E-state index is 14.2. The maximum Gasteiger partial charge on any atom is 0.342 e. The Morgan fingerprint density at radius 2 is 1.68 bits per heavy atom. The van der Waals surface area contributed by atoms with Crippen LogP contribution in [0, 0.1) is 41.4 Å². The molecule has 0 aromatic carbocycles. The summed E-state index contributed by atoms with van der Waals surface area (Å²) in [6.45, 7) is 26.5. The van der Waals surface area contributed by atoms with Gasteiger partial charge in [-0.05, 0) is 78.6 Å². The first kappa shape index (κ1) is 31.4. The zero-order valence-corrected chi connectivity index (χ0v) is 26.2. The van der Waals surface area contributed by atoms with Crippen LogP contribution in [-0.4, -0.2) is 22.5 Å². The van der Waals surface area contributed by atoms with E-state index in [1.54, 1.807) is 0 Å². The number of hydrogen-bond acceptors (Lipinski definition) is 3. The van der Waals surface area contributed by atoms with Gasteiger partial charge in [0.05, 0.1) is 0 Å². The molecule has 0 spiro atoms. The van der Waals surface area contributed by atoms with E-state index >= 15 is 0 Å². The first-order valence-corrected chi connectivity index (χ1v) is 14.6. The maximum atomic E-state index is 14.2. The first-order valence-electron chi connectivity index (χ1n) is 14.6. The van der Waals surface area contributed by atoms with Gasteiger partial charge in [-0.3, -0.25) is 4.79 Å². The van der Waals surface area contributed by atoms with Crippen LogP contribution in [-0.2, 0) is 16.6 Å². The number of nitrogens with zero attached hydrogens (tertiary/aromatic N) is 1. The molecule has 1 fully saturated rings. The van der Waals surface area contributed by atoms with E-state index < -0.39 is 0 Å². The van der Waals surface area contributed by atoms with Crippen molar-refractivity contribution in [2.24, 2.45) is 41.5 Å². The van der Waals surface area contributed by atoms with Crippen molar-refractivity contribution in [2.75, 3.05) is 5.32 Å². The van der Waals surface area contributed by atoms with Crippen LogP contribution in [0.1, 0.15) is 136 Å². The van der Waals surface area contributed by atoms with Gasteiger partial charge in [-0.15, -0.1) is 0 Å². The van der Waals surface area contributed by atoms with Gasteiger partial charge in [0.25, 0.3) is 0 Å². The Morgan fingerprint density at radius 1 is 1.08 bits per heavy atom. The predicted octanol–water partition coefficient (Wildman–Crippen LogP) is 8.50. The number of ether oxygens (including phenoxy) is 1. The summed E-state index contributed by atoms with van der Waals surface area (Å²) in [5.41, 5.74) is 2.85. The lowest BCUT2D eigenvalue weighted by Crippen LogP contribution is -2.45. The normalized spacial score (nSPS) is 23.7. The summed E-state index contributed by atoms with van der Waals surface area (Å²) in [5.74, 6) is 1.97. The average molecular weight is 517 g/mol.